The van der Waals surface area contributed by atoms with E-state index in [0.717, 1.165) is 11.3 Å². The Bertz CT molecular complexity index is 946. The van der Waals surface area contributed by atoms with Crippen LogP contribution < -0.4 is 10.9 Å². The van der Waals surface area contributed by atoms with Crippen LogP contribution in [0.5, 0.6) is 0 Å². The van der Waals surface area contributed by atoms with Gasteiger partial charge in [0, 0.05) is 28.0 Å². The molecule has 5 nitrogen and oxygen atoms in total. The third kappa shape index (κ3) is 2.51. The van der Waals surface area contributed by atoms with E-state index in [9.17, 15) is 9.59 Å². The lowest BCUT2D eigenvalue weighted by molar-refractivity contribution is 0.102. The molecular formula is C15H12ClN3O2S. The van der Waals surface area contributed by atoms with E-state index in [0.29, 0.717) is 15.7 Å². The molecule has 0 saturated heterocycles. The molecule has 2 aromatic heterocycles. The second-order valence-electron chi connectivity index (χ2n) is 4.89. The molecular weight excluding hydrogens is 322 g/mol. The maximum Gasteiger partial charge on any atom is 0.271 e. The first kappa shape index (κ1) is 14.7. The van der Waals surface area contributed by atoms with E-state index in [1.165, 1.54) is 21.9 Å². The molecule has 0 unspecified atom stereocenters. The maximum absolute atomic E-state index is 12.4. The predicted molar refractivity (Wildman–Crippen MR) is 88.2 cm³/mol. The molecule has 0 atom stereocenters. The molecule has 0 saturated carbocycles. The summed E-state index contributed by atoms with van der Waals surface area (Å²) in [5.41, 5.74) is 1.81. The number of hydrogen-bond donors (Lipinski definition) is 1. The molecule has 7 heteroatoms. The van der Waals surface area contributed by atoms with Crippen molar-refractivity contribution in [3.05, 3.63) is 62.0 Å². The first-order valence-electron chi connectivity index (χ1n) is 6.51. The first-order valence-corrected chi connectivity index (χ1v) is 7.76. The van der Waals surface area contributed by atoms with Gasteiger partial charge in [-0.1, -0.05) is 17.7 Å². The number of carbonyl (C=O) groups excluding carboxylic acids is 1. The lowest BCUT2D eigenvalue weighted by Gasteiger charge is -2.08. The molecule has 0 fully saturated rings. The standard InChI is InChI=1S/C15H12ClN3O2S/c1-8-3-4-10(16)5-12(8)18-13(20)11-6-17-15-19(14(11)21)9(2)7-22-15/h3-7H,1-2H3,(H,18,20). The van der Waals surface area contributed by atoms with Crippen molar-refractivity contribution in [3.8, 4) is 0 Å². The Morgan fingerprint density at radius 1 is 1.36 bits per heavy atom. The van der Waals surface area contributed by atoms with E-state index < -0.39 is 5.91 Å². The van der Waals surface area contributed by atoms with Crippen LogP contribution in [0, 0.1) is 13.8 Å². The Morgan fingerprint density at radius 3 is 2.91 bits per heavy atom. The number of thiazole rings is 1. The summed E-state index contributed by atoms with van der Waals surface area (Å²) >= 11 is 7.29. The fourth-order valence-corrected chi connectivity index (χ4v) is 3.10. The second-order valence-corrected chi connectivity index (χ2v) is 6.16. The lowest BCUT2D eigenvalue weighted by atomic mass is 10.2. The highest BCUT2D eigenvalue weighted by molar-refractivity contribution is 7.15. The Labute approximate surface area is 135 Å². The summed E-state index contributed by atoms with van der Waals surface area (Å²) < 4.78 is 1.43. The van der Waals surface area contributed by atoms with Crippen LogP contribution in [-0.2, 0) is 0 Å². The number of aryl methyl sites for hydroxylation is 2. The molecule has 2 heterocycles. The van der Waals surface area contributed by atoms with Crippen molar-refractivity contribution >= 4 is 39.5 Å². The lowest BCUT2D eigenvalue weighted by Crippen LogP contribution is -2.26. The SMILES string of the molecule is Cc1ccc(Cl)cc1NC(=O)c1cnc2scc(C)n2c1=O. The quantitative estimate of drug-likeness (QED) is 0.782. The van der Waals surface area contributed by atoms with Gasteiger partial charge in [0.15, 0.2) is 4.96 Å². The molecule has 0 aliphatic rings. The fraction of sp³-hybridized carbons (Fsp3) is 0.133. The number of anilines is 1. The first-order chi connectivity index (χ1) is 10.5. The van der Waals surface area contributed by atoms with Crippen LogP contribution in [0.25, 0.3) is 4.96 Å². The third-order valence-corrected chi connectivity index (χ3v) is 4.50. The van der Waals surface area contributed by atoms with E-state index in [2.05, 4.69) is 10.3 Å². The van der Waals surface area contributed by atoms with E-state index in [1.54, 1.807) is 25.1 Å². The van der Waals surface area contributed by atoms with Gasteiger partial charge in [-0.15, -0.1) is 11.3 Å². The highest BCUT2D eigenvalue weighted by Gasteiger charge is 2.16. The van der Waals surface area contributed by atoms with E-state index in [4.69, 9.17) is 11.6 Å². The average molecular weight is 334 g/mol. The number of carbonyl (C=O) groups is 1. The van der Waals surface area contributed by atoms with Crippen molar-refractivity contribution in [2.45, 2.75) is 13.8 Å². The molecule has 1 N–H and O–H groups in total. The third-order valence-electron chi connectivity index (χ3n) is 3.31. The van der Waals surface area contributed by atoms with Crippen LogP contribution in [-0.4, -0.2) is 15.3 Å². The largest absolute Gasteiger partial charge is 0.321 e. The Hall–Kier alpha value is -2.18. The molecule has 3 rings (SSSR count). The van der Waals surface area contributed by atoms with Gasteiger partial charge in [0.1, 0.15) is 5.56 Å². The van der Waals surface area contributed by atoms with E-state index >= 15 is 0 Å². The molecule has 1 aromatic carbocycles. The predicted octanol–water partition coefficient (Wildman–Crippen LogP) is 3.28. The summed E-state index contributed by atoms with van der Waals surface area (Å²) in [4.78, 5) is 29.5. The Kier molecular flexibility index (Phi) is 3.72. The van der Waals surface area contributed by atoms with Gasteiger partial charge in [0.2, 0.25) is 0 Å². The number of amides is 1. The minimum atomic E-state index is -0.497. The van der Waals surface area contributed by atoms with Crippen LogP contribution in [0.4, 0.5) is 5.69 Å². The minimum absolute atomic E-state index is 0.00150. The molecule has 0 spiro atoms. The van der Waals surface area contributed by atoms with Crippen molar-refractivity contribution in [2.75, 3.05) is 5.32 Å². The highest BCUT2D eigenvalue weighted by atomic mass is 35.5. The molecule has 0 radical (unpaired) electrons. The number of fused-ring (bicyclic) bond motifs is 1. The number of benzene rings is 1. The zero-order valence-electron chi connectivity index (χ0n) is 11.9. The topological polar surface area (TPSA) is 63.5 Å². The van der Waals surface area contributed by atoms with Gasteiger partial charge >= 0.3 is 0 Å². The number of aromatic nitrogens is 2. The Balaban J connectivity index is 2.02. The molecule has 0 aliphatic carbocycles. The van der Waals surface area contributed by atoms with Crippen LogP contribution >= 0.6 is 22.9 Å². The van der Waals surface area contributed by atoms with Crippen molar-refractivity contribution in [2.24, 2.45) is 0 Å². The van der Waals surface area contributed by atoms with Gasteiger partial charge in [-0.05, 0) is 31.5 Å². The normalized spacial score (nSPS) is 10.9. The number of hydrogen-bond acceptors (Lipinski definition) is 4. The minimum Gasteiger partial charge on any atom is -0.321 e. The maximum atomic E-state index is 12.4. The molecule has 0 aliphatic heterocycles. The number of halogens is 1. The van der Waals surface area contributed by atoms with Gasteiger partial charge in [-0.3, -0.25) is 14.0 Å². The van der Waals surface area contributed by atoms with Crippen LogP contribution in [0.3, 0.4) is 0 Å². The number of nitrogens with one attached hydrogen (secondary N) is 1. The summed E-state index contributed by atoms with van der Waals surface area (Å²) in [6, 6.07) is 5.19. The van der Waals surface area contributed by atoms with Crippen molar-refractivity contribution in [3.63, 3.8) is 0 Å². The smallest absolute Gasteiger partial charge is 0.271 e. The number of rotatable bonds is 2. The zero-order chi connectivity index (χ0) is 15.9. The van der Waals surface area contributed by atoms with Gasteiger partial charge in [0.25, 0.3) is 11.5 Å². The van der Waals surface area contributed by atoms with E-state index in [1.807, 2.05) is 12.3 Å². The van der Waals surface area contributed by atoms with Crippen molar-refractivity contribution in [1.29, 1.82) is 0 Å². The molecule has 1 amide bonds. The summed E-state index contributed by atoms with van der Waals surface area (Å²) in [5.74, 6) is -0.497. The zero-order valence-corrected chi connectivity index (χ0v) is 13.5. The highest BCUT2D eigenvalue weighted by Crippen LogP contribution is 2.20. The molecule has 112 valence electrons. The summed E-state index contributed by atoms with van der Waals surface area (Å²) in [6.45, 7) is 3.65. The number of nitrogens with zero attached hydrogens (tertiary/aromatic N) is 2. The van der Waals surface area contributed by atoms with Crippen LogP contribution in [0.2, 0.25) is 5.02 Å². The summed E-state index contributed by atoms with van der Waals surface area (Å²) in [6.07, 6.45) is 1.31. The van der Waals surface area contributed by atoms with Crippen molar-refractivity contribution < 1.29 is 4.79 Å². The Morgan fingerprint density at radius 2 is 2.14 bits per heavy atom. The van der Waals surface area contributed by atoms with Crippen LogP contribution in [0.15, 0.2) is 34.6 Å². The van der Waals surface area contributed by atoms with Gasteiger partial charge in [-0.25, -0.2) is 4.98 Å². The van der Waals surface area contributed by atoms with Crippen molar-refractivity contribution in [1.82, 2.24) is 9.38 Å². The van der Waals surface area contributed by atoms with Gasteiger partial charge in [0.05, 0.1) is 0 Å². The molecule has 3 aromatic rings. The summed E-state index contributed by atoms with van der Waals surface area (Å²) in [7, 11) is 0. The average Bonchev–Trinajstić information content (AvgIpc) is 2.85. The van der Waals surface area contributed by atoms with E-state index in [-0.39, 0.29) is 11.1 Å². The molecule has 22 heavy (non-hydrogen) atoms. The fourth-order valence-electron chi connectivity index (χ4n) is 2.10. The van der Waals surface area contributed by atoms with Gasteiger partial charge < -0.3 is 5.32 Å². The summed E-state index contributed by atoms with van der Waals surface area (Å²) in [5, 5.41) is 5.05. The molecule has 0 bridgehead atoms. The second kappa shape index (κ2) is 5.55. The van der Waals surface area contributed by atoms with Gasteiger partial charge in [-0.2, -0.15) is 0 Å². The monoisotopic (exact) mass is 333 g/mol. The van der Waals surface area contributed by atoms with Crippen LogP contribution in [0.1, 0.15) is 21.6 Å².